The third-order valence-electron chi connectivity index (χ3n) is 4.26. The second-order valence-electron chi connectivity index (χ2n) is 5.41. The van der Waals surface area contributed by atoms with Crippen molar-refractivity contribution in [3.63, 3.8) is 0 Å². The van der Waals surface area contributed by atoms with Crippen LogP contribution in [0.25, 0.3) is 0 Å². The minimum absolute atomic E-state index is 0.0206. The van der Waals surface area contributed by atoms with Crippen LogP contribution in [0.3, 0.4) is 0 Å². The van der Waals surface area contributed by atoms with Crippen molar-refractivity contribution >= 4 is 11.8 Å². The standard InChI is InChI=1S/C12H18N2O3/c15-9-5-7-1-2-8(6-9)14(7)12(17)10-3-4-11(16)13-10/h7-10,15H,1-6H2,(H,13,16). The van der Waals surface area contributed by atoms with E-state index >= 15 is 0 Å². The van der Waals surface area contributed by atoms with E-state index in [1.807, 2.05) is 4.90 Å². The van der Waals surface area contributed by atoms with Crippen LogP contribution in [-0.2, 0) is 9.59 Å². The van der Waals surface area contributed by atoms with E-state index in [9.17, 15) is 14.7 Å². The van der Waals surface area contributed by atoms with E-state index in [2.05, 4.69) is 5.32 Å². The van der Waals surface area contributed by atoms with Crippen LogP contribution in [0.4, 0.5) is 0 Å². The van der Waals surface area contributed by atoms with Gasteiger partial charge < -0.3 is 15.3 Å². The summed E-state index contributed by atoms with van der Waals surface area (Å²) < 4.78 is 0. The molecule has 5 heteroatoms. The average molecular weight is 238 g/mol. The zero-order chi connectivity index (χ0) is 12.0. The van der Waals surface area contributed by atoms with E-state index in [0.717, 1.165) is 12.8 Å². The first-order chi connectivity index (χ1) is 8.15. The van der Waals surface area contributed by atoms with Crippen LogP contribution in [-0.4, -0.2) is 46.1 Å². The molecular weight excluding hydrogens is 220 g/mol. The Labute approximate surface area is 100 Å². The second kappa shape index (κ2) is 3.98. The maximum atomic E-state index is 12.3. The van der Waals surface area contributed by atoms with Crippen molar-refractivity contribution < 1.29 is 14.7 Å². The molecule has 0 saturated carbocycles. The summed E-state index contributed by atoms with van der Waals surface area (Å²) in [6.45, 7) is 0. The molecule has 3 fully saturated rings. The summed E-state index contributed by atoms with van der Waals surface area (Å²) in [5, 5.41) is 12.4. The fourth-order valence-electron chi connectivity index (χ4n) is 3.49. The number of nitrogens with one attached hydrogen (secondary N) is 1. The van der Waals surface area contributed by atoms with Gasteiger partial charge in [0.1, 0.15) is 6.04 Å². The summed E-state index contributed by atoms with van der Waals surface area (Å²) in [5.74, 6) is 0.0444. The Morgan fingerprint density at radius 1 is 1.24 bits per heavy atom. The molecule has 5 nitrogen and oxygen atoms in total. The Hall–Kier alpha value is -1.10. The molecule has 0 aromatic heterocycles. The summed E-state index contributed by atoms with van der Waals surface area (Å²) >= 11 is 0. The molecule has 3 heterocycles. The first-order valence-electron chi connectivity index (χ1n) is 6.45. The highest BCUT2D eigenvalue weighted by Gasteiger charge is 2.45. The highest BCUT2D eigenvalue weighted by molar-refractivity contribution is 5.91. The molecule has 3 aliphatic heterocycles. The summed E-state index contributed by atoms with van der Waals surface area (Å²) in [6, 6.07) is 0.0587. The molecule has 3 unspecified atom stereocenters. The molecule has 2 bridgehead atoms. The van der Waals surface area contributed by atoms with Gasteiger partial charge in [-0.2, -0.15) is 0 Å². The number of amides is 2. The molecule has 2 N–H and O–H groups in total. The summed E-state index contributed by atoms with van der Waals surface area (Å²) in [4.78, 5) is 25.4. The number of rotatable bonds is 1. The van der Waals surface area contributed by atoms with Gasteiger partial charge in [0, 0.05) is 18.5 Å². The van der Waals surface area contributed by atoms with Gasteiger partial charge in [-0.1, -0.05) is 0 Å². The lowest BCUT2D eigenvalue weighted by Gasteiger charge is -2.38. The zero-order valence-electron chi connectivity index (χ0n) is 9.76. The highest BCUT2D eigenvalue weighted by Crippen LogP contribution is 2.36. The minimum atomic E-state index is -0.319. The molecule has 0 aromatic rings. The van der Waals surface area contributed by atoms with Crippen molar-refractivity contribution in [3.05, 3.63) is 0 Å². The minimum Gasteiger partial charge on any atom is -0.393 e. The Kier molecular flexibility index (Phi) is 2.58. The van der Waals surface area contributed by atoms with E-state index in [0.29, 0.717) is 25.7 Å². The van der Waals surface area contributed by atoms with Gasteiger partial charge in [-0.25, -0.2) is 0 Å². The van der Waals surface area contributed by atoms with Crippen LogP contribution in [0.2, 0.25) is 0 Å². The Morgan fingerprint density at radius 2 is 1.88 bits per heavy atom. The summed E-state index contributed by atoms with van der Waals surface area (Å²) in [6.07, 6.45) is 4.21. The van der Waals surface area contributed by atoms with Gasteiger partial charge in [0.15, 0.2) is 0 Å². The van der Waals surface area contributed by atoms with Crippen molar-refractivity contribution in [2.75, 3.05) is 0 Å². The first-order valence-corrected chi connectivity index (χ1v) is 6.45. The molecule has 0 aliphatic carbocycles. The molecule has 0 spiro atoms. The fourth-order valence-corrected chi connectivity index (χ4v) is 3.49. The van der Waals surface area contributed by atoms with Crippen molar-refractivity contribution in [2.45, 2.75) is 62.8 Å². The van der Waals surface area contributed by atoms with Crippen LogP contribution in [0.15, 0.2) is 0 Å². The molecule has 3 aliphatic rings. The van der Waals surface area contributed by atoms with Gasteiger partial charge in [-0.15, -0.1) is 0 Å². The van der Waals surface area contributed by atoms with Crippen molar-refractivity contribution in [3.8, 4) is 0 Å². The number of aliphatic hydroxyl groups excluding tert-OH is 1. The van der Waals surface area contributed by atoms with E-state index in [4.69, 9.17) is 0 Å². The predicted octanol–water partition coefficient (Wildman–Crippen LogP) is -0.221. The number of piperidine rings is 1. The van der Waals surface area contributed by atoms with Crippen molar-refractivity contribution in [2.24, 2.45) is 0 Å². The van der Waals surface area contributed by atoms with Gasteiger partial charge in [-0.3, -0.25) is 9.59 Å². The van der Waals surface area contributed by atoms with Crippen LogP contribution in [0, 0.1) is 0 Å². The van der Waals surface area contributed by atoms with E-state index in [-0.39, 0.29) is 36.0 Å². The van der Waals surface area contributed by atoms with Crippen LogP contribution in [0.1, 0.15) is 38.5 Å². The molecule has 17 heavy (non-hydrogen) atoms. The lowest BCUT2D eigenvalue weighted by Crippen LogP contribution is -2.53. The summed E-state index contributed by atoms with van der Waals surface area (Å²) in [7, 11) is 0. The Bertz CT molecular complexity index is 344. The maximum absolute atomic E-state index is 12.3. The van der Waals surface area contributed by atoms with Gasteiger partial charge in [0.2, 0.25) is 11.8 Å². The molecule has 0 radical (unpaired) electrons. The van der Waals surface area contributed by atoms with Crippen molar-refractivity contribution in [1.82, 2.24) is 10.2 Å². The molecule has 3 atom stereocenters. The third kappa shape index (κ3) is 1.82. The van der Waals surface area contributed by atoms with Gasteiger partial charge in [0.25, 0.3) is 0 Å². The Balaban J connectivity index is 1.72. The quantitative estimate of drug-likeness (QED) is 0.663. The van der Waals surface area contributed by atoms with Crippen molar-refractivity contribution in [1.29, 1.82) is 0 Å². The van der Waals surface area contributed by atoms with E-state index < -0.39 is 0 Å². The second-order valence-corrected chi connectivity index (χ2v) is 5.41. The molecular formula is C12H18N2O3. The lowest BCUT2D eigenvalue weighted by atomic mass is 9.98. The third-order valence-corrected chi connectivity index (χ3v) is 4.26. The van der Waals surface area contributed by atoms with Gasteiger partial charge in [-0.05, 0) is 32.1 Å². The number of hydrogen-bond acceptors (Lipinski definition) is 3. The molecule has 94 valence electrons. The number of carbonyl (C=O) groups is 2. The fraction of sp³-hybridized carbons (Fsp3) is 0.833. The summed E-state index contributed by atoms with van der Waals surface area (Å²) in [5.41, 5.74) is 0. The highest BCUT2D eigenvalue weighted by atomic mass is 16.3. The average Bonchev–Trinajstić information content (AvgIpc) is 2.81. The molecule has 2 amide bonds. The van der Waals surface area contributed by atoms with E-state index in [1.54, 1.807) is 0 Å². The largest absolute Gasteiger partial charge is 0.393 e. The maximum Gasteiger partial charge on any atom is 0.245 e. The van der Waals surface area contributed by atoms with Crippen LogP contribution < -0.4 is 5.32 Å². The molecule has 3 rings (SSSR count). The Morgan fingerprint density at radius 3 is 2.41 bits per heavy atom. The number of nitrogens with zero attached hydrogens (tertiary/aromatic N) is 1. The smallest absolute Gasteiger partial charge is 0.245 e. The zero-order valence-corrected chi connectivity index (χ0v) is 9.76. The number of fused-ring (bicyclic) bond motifs is 2. The van der Waals surface area contributed by atoms with Crippen LogP contribution in [0.5, 0.6) is 0 Å². The number of aliphatic hydroxyl groups is 1. The topological polar surface area (TPSA) is 69.6 Å². The molecule has 0 aromatic carbocycles. The number of carbonyl (C=O) groups excluding carboxylic acids is 2. The molecule has 3 saturated heterocycles. The lowest BCUT2D eigenvalue weighted by molar-refractivity contribution is -0.140. The monoisotopic (exact) mass is 238 g/mol. The normalized spacial score (nSPS) is 40.5. The SMILES string of the molecule is O=C1CCC(C(=O)N2C3CCC2CC(O)C3)N1. The van der Waals surface area contributed by atoms with Crippen LogP contribution >= 0.6 is 0 Å². The number of hydrogen-bond donors (Lipinski definition) is 2. The van der Waals surface area contributed by atoms with E-state index in [1.165, 1.54) is 0 Å². The van der Waals surface area contributed by atoms with Gasteiger partial charge >= 0.3 is 0 Å². The predicted molar refractivity (Wildman–Crippen MR) is 60.1 cm³/mol. The first kappa shape index (κ1) is 11.0. The van der Waals surface area contributed by atoms with Gasteiger partial charge in [0.05, 0.1) is 6.10 Å².